The van der Waals surface area contributed by atoms with Gasteiger partial charge in [0.05, 0.1) is 5.54 Å². The van der Waals surface area contributed by atoms with Crippen molar-refractivity contribution in [2.75, 3.05) is 6.54 Å². The highest BCUT2D eigenvalue weighted by molar-refractivity contribution is 5.93. The number of carbonyl (C=O) groups is 2. The van der Waals surface area contributed by atoms with Crippen LogP contribution in [-0.4, -0.2) is 28.7 Å². The summed E-state index contributed by atoms with van der Waals surface area (Å²) in [5.41, 5.74) is -0.598. The summed E-state index contributed by atoms with van der Waals surface area (Å²) in [7, 11) is 0. The Bertz CT molecular complexity index is 256. The van der Waals surface area contributed by atoms with E-state index in [0.29, 0.717) is 6.42 Å². The molecule has 0 saturated carbocycles. The van der Waals surface area contributed by atoms with Gasteiger partial charge in [-0.2, -0.15) is 0 Å². The van der Waals surface area contributed by atoms with Gasteiger partial charge in [0.25, 0.3) is 0 Å². The van der Waals surface area contributed by atoms with Crippen LogP contribution >= 0.6 is 0 Å². The molecule has 1 aliphatic rings. The van der Waals surface area contributed by atoms with E-state index in [0.717, 1.165) is 13.0 Å². The summed E-state index contributed by atoms with van der Waals surface area (Å²) >= 11 is 0. The third-order valence-electron chi connectivity index (χ3n) is 2.90. The van der Waals surface area contributed by atoms with Crippen molar-refractivity contribution in [2.24, 2.45) is 5.92 Å². The van der Waals surface area contributed by atoms with E-state index in [-0.39, 0.29) is 17.6 Å². The number of hydrogen-bond donors (Lipinski definition) is 0. The van der Waals surface area contributed by atoms with Gasteiger partial charge in [-0.1, -0.05) is 13.8 Å². The summed E-state index contributed by atoms with van der Waals surface area (Å²) in [5, 5.41) is 0. The maximum Gasteiger partial charge on any atom is 0.225 e. The average molecular weight is 197 g/mol. The molecule has 0 N–H and O–H groups in total. The molecular weight excluding hydrogens is 178 g/mol. The predicted molar refractivity (Wildman–Crippen MR) is 54.9 cm³/mol. The zero-order valence-corrected chi connectivity index (χ0v) is 9.46. The minimum absolute atomic E-state index is 0.0276. The summed E-state index contributed by atoms with van der Waals surface area (Å²) < 4.78 is 0. The molecule has 3 nitrogen and oxygen atoms in total. The van der Waals surface area contributed by atoms with Gasteiger partial charge in [-0.25, -0.2) is 0 Å². The van der Waals surface area contributed by atoms with Gasteiger partial charge in [-0.05, 0) is 20.3 Å². The van der Waals surface area contributed by atoms with Crippen molar-refractivity contribution in [2.45, 2.75) is 46.1 Å². The van der Waals surface area contributed by atoms with Crippen LogP contribution < -0.4 is 0 Å². The van der Waals surface area contributed by atoms with Crippen molar-refractivity contribution in [3.05, 3.63) is 0 Å². The van der Waals surface area contributed by atoms with E-state index in [1.807, 2.05) is 27.7 Å². The fourth-order valence-electron chi connectivity index (χ4n) is 1.83. The largest absolute Gasteiger partial charge is 0.330 e. The topological polar surface area (TPSA) is 37.4 Å². The molecule has 0 aromatic carbocycles. The second-order valence-corrected chi connectivity index (χ2v) is 4.73. The van der Waals surface area contributed by atoms with Crippen molar-refractivity contribution in [3.63, 3.8) is 0 Å². The Labute approximate surface area is 85.5 Å². The fourth-order valence-corrected chi connectivity index (χ4v) is 1.83. The first-order chi connectivity index (χ1) is 6.37. The highest BCUT2D eigenvalue weighted by atomic mass is 16.2. The highest BCUT2D eigenvalue weighted by Crippen LogP contribution is 2.25. The minimum atomic E-state index is -0.598. The SMILES string of the molecule is CC(C)C(=O)N1CCCC(=O)C1(C)C. The van der Waals surface area contributed by atoms with Crippen LogP contribution in [0.2, 0.25) is 0 Å². The van der Waals surface area contributed by atoms with Crippen LogP contribution in [0, 0.1) is 5.92 Å². The molecule has 0 aliphatic carbocycles. The Kier molecular flexibility index (Phi) is 2.98. The Morgan fingerprint density at radius 3 is 2.50 bits per heavy atom. The van der Waals surface area contributed by atoms with Crippen molar-refractivity contribution in [3.8, 4) is 0 Å². The number of rotatable bonds is 1. The van der Waals surface area contributed by atoms with E-state index >= 15 is 0 Å². The maximum absolute atomic E-state index is 11.8. The van der Waals surface area contributed by atoms with Crippen LogP contribution in [0.1, 0.15) is 40.5 Å². The molecule has 1 aliphatic heterocycles. The van der Waals surface area contributed by atoms with Gasteiger partial charge < -0.3 is 4.90 Å². The molecule has 0 radical (unpaired) electrons. The number of Topliss-reactive ketones (excluding diaryl/α,β-unsaturated/α-hetero) is 1. The standard InChI is InChI=1S/C11H19NO2/c1-8(2)10(14)12-7-5-6-9(13)11(12,3)4/h8H,5-7H2,1-4H3. The average Bonchev–Trinajstić information content (AvgIpc) is 2.08. The molecule has 1 heterocycles. The van der Waals surface area contributed by atoms with Gasteiger partial charge in [0.1, 0.15) is 0 Å². The van der Waals surface area contributed by atoms with E-state index in [4.69, 9.17) is 0 Å². The quantitative estimate of drug-likeness (QED) is 0.640. The van der Waals surface area contributed by atoms with E-state index in [1.165, 1.54) is 0 Å². The molecule has 3 heteroatoms. The summed E-state index contributed by atoms with van der Waals surface area (Å²) in [6.45, 7) is 8.15. The third kappa shape index (κ3) is 1.81. The van der Waals surface area contributed by atoms with Gasteiger partial charge in [0.2, 0.25) is 5.91 Å². The number of carbonyl (C=O) groups excluding carboxylic acids is 2. The van der Waals surface area contributed by atoms with Crippen LogP contribution in [0.5, 0.6) is 0 Å². The highest BCUT2D eigenvalue weighted by Gasteiger charge is 2.40. The molecule has 1 fully saturated rings. The Hall–Kier alpha value is -0.860. The van der Waals surface area contributed by atoms with Crippen LogP contribution in [0.15, 0.2) is 0 Å². The molecule has 0 atom stereocenters. The lowest BCUT2D eigenvalue weighted by Gasteiger charge is -2.41. The first-order valence-corrected chi connectivity index (χ1v) is 5.22. The summed E-state index contributed by atoms with van der Waals surface area (Å²) in [6, 6.07) is 0. The molecule has 0 aromatic rings. The van der Waals surface area contributed by atoms with Crippen LogP contribution in [0.25, 0.3) is 0 Å². The predicted octanol–water partition coefficient (Wildman–Crippen LogP) is 1.61. The number of ketones is 1. The number of hydrogen-bond acceptors (Lipinski definition) is 2. The van der Waals surface area contributed by atoms with E-state index in [1.54, 1.807) is 4.90 Å². The van der Waals surface area contributed by atoms with Crippen LogP contribution in [-0.2, 0) is 9.59 Å². The minimum Gasteiger partial charge on any atom is -0.330 e. The Morgan fingerprint density at radius 1 is 1.43 bits per heavy atom. The lowest BCUT2D eigenvalue weighted by Crippen LogP contribution is -2.57. The first kappa shape index (κ1) is 11.2. The third-order valence-corrected chi connectivity index (χ3v) is 2.90. The van der Waals surface area contributed by atoms with Gasteiger partial charge >= 0.3 is 0 Å². The van der Waals surface area contributed by atoms with Crippen molar-refractivity contribution in [1.29, 1.82) is 0 Å². The molecule has 0 spiro atoms. The number of piperidine rings is 1. The Balaban J connectivity index is 2.87. The second kappa shape index (κ2) is 3.71. The van der Waals surface area contributed by atoms with Crippen LogP contribution in [0.4, 0.5) is 0 Å². The number of amides is 1. The molecule has 0 unspecified atom stereocenters. The smallest absolute Gasteiger partial charge is 0.225 e. The normalized spacial score (nSPS) is 21.5. The Morgan fingerprint density at radius 2 is 2.00 bits per heavy atom. The van der Waals surface area contributed by atoms with Crippen molar-refractivity contribution < 1.29 is 9.59 Å². The van der Waals surface area contributed by atoms with E-state index in [9.17, 15) is 9.59 Å². The lowest BCUT2D eigenvalue weighted by atomic mass is 9.88. The van der Waals surface area contributed by atoms with Crippen molar-refractivity contribution in [1.82, 2.24) is 4.90 Å². The molecule has 80 valence electrons. The van der Waals surface area contributed by atoms with Crippen molar-refractivity contribution >= 4 is 11.7 Å². The number of likely N-dealkylation sites (tertiary alicyclic amines) is 1. The number of nitrogens with zero attached hydrogens (tertiary/aromatic N) is 1. The molecule has 14 heavy (non-hydrogen) atoms. The van der Waals surface area contributed by atoms with Gasteiger partial charge in [0, 0.05) is 18.9 Å². The lowest BCUT2D eigenvalue weighted by molar-refractivity contribution is -0.150. The summed E-state index contributed by atoms with van der Waals surface area (Å²) in [4.78, 5) is 25.2. The molecule has 0 bridgehead atoms. The second-order valence-electron chi connectivity index (χ2n) is 4.73. The summed E-state index contributed by atoms with van der Waals surface area (Å²) in [6.07, 6.45) is 1.41. The van der Waals surface area contributed by atoms with Gasteiger partial charge in [-0.15, -0.1) is 0 Å². The first-order valence-electron chi connectivity index (χ1n) is 5.22. The monoisotopic (exact) mass is 197 g/mol. The molecule has 1 saturated heterocycles. The zero-order chi connectivity index (χ0) is 10.9. The maximum atomic E-state index is 11.8. The zero-order valence-electron chi connectivity index (χ0n) is 9.46. The van der Waals surface area contributed by atoms with E-state index < -0.39 is 5.54 Å². The molecule has 1 rings (SSSR count). The van der Waals surface area contributed by atoms with Gasteiger partial charge in [0.15, 0.2) is 5.78 Å². The molecular formula is C11H19NO2. The molecule has 0 aromatic heterocycles. The van der Waals surface area contributed by atoms with Gasteiger partial charge in [-0.3, -0.25) is 9.59 Å². The fraction of sp³-hybridized carbons (Fsp3) is 0.818. The summed E-state index contributed by atoms with van der Waals surface area (Å²) in [5.74, 6) is 0.237. The molecule has 1 amide bonds. The van der Waals surface area contributed by atoms with Crippen LogP contribution in [0.3, 0.4) is 0 Å². The van der Waals surface area contributed by atoms with E-state index in [2.05, 4.69) is 0 Å².